The van der Waals surface area contributed by atoms with Crippen LogP contribution in [0, 0.1) is 0 Å². The van der Waals surface area contributed by atoms with E-state index in [1.54, 1.807) is 6.20 Å². The minimum absolute atomic E-state index is 0.241. The Morgan fingerprint density at radius 1 is 1.25 bits per heavy atom. The van der Waals surface area contributed by atoms with Crippen LogP contribution in [0.1, 0.15) is 25.8 Å². The second-order valence-electron chi connectivity index (χ2n) is 3.77. The molecule has 0 spiro atoms. The molecule has 0 saturated carbocycles. The number of nitrogens with two attached hydrogens (primary N) is 2. The normalized spacial score (nSPS) is 10.9. The Bertz CT molecular complexity index is 322. The maximum atomic E-state index is 5.76. The van der Waals surface area contributed by atoms with Gasteiger partial charge in [0, 0.05) is 11.8 Å². The highest BCUT2D eigenvalue weighted by Gasteiger charge is 2.04. The summed E-state index contributed by atoms with van der Waals surface area (Å²) in [5.41, 5.74) is 12.2. The summed E-state index contributed by atoms with van der Waals surface area (Å²) in [5.74, 6) is 0.747. The topological polar surface area (TPSA) is 81.1 Å². The first-order valence-corrected chi connectivity index (χ1v) is 5.76. The van der Waals surface area contributed by atoms with Crippen molar-refractivity contribution in [1.82, 2.24) is 14.9 Å². The maximum Gasteiger partial charge on any atom is 0.221 e. The first kappa shape index (κ1) is 12.7. The number of rotatable bonds is 6. The van der Waals surface area contributed by atoms with Crippen LogP contribution in [0.15, 0.2) is 6.20 Å². The summed E-state index contributed by atoms with van der Waals surface area (Å²) in [6.07, 6.45) is 3.70. The average molecular weight is 223 g/mol. The zero-order chi connectivity index (χ0) is 12.0. The van der Waals surface area contributed by atoms with Crippen molar-refractivity contribution in [2.24, 2.45) is 0 Å². The second-order valence-corrected chi connectivity index (χ2v) is 3.77. The standard InChI is InChI=1S/C11H21N5/c1-3-16(4-2)7-5-6-9-8-14-11(13)15-10(9)12/h8H,3-7H2,1-2H3,(H4,12,13,14,15). The van der Waals surface area contributed by atoms with Gasteiger partial charge in [-0.25, -0.2) is 4.98 Å². The fraction of sp³-hybridized carbons (Fsp3) is 0.636. The highest BCUT2D eigenvalue weighted by atomic mass is 15.1. The smallest absolute Gasteiger partial charge is 0.221 e. The van der Waals surface area contributed by atoms with Crippen LogP contribution in [0.4, 0.5) is 11.8 Å². The molecule has 0 aliphatic heterocycles. The van der Waals surface area contributed by atoms with Crippen molar-refractivity contribution in [3.8, 4) is 0 Å². The lowest BCUT2D eigenvalue weighted by Gasteiger charge is -2.17. The van der Waals surface area contributed by atoms with Gasteiger partial charge in [-0.15, -0.1) is 0 Å². The van der Waals surface area contributed by atoms with Crippen LogP contribution in [0.2, 0.25) is 0 Å². The van der Waals surface area contributed by atoms with Crippen LogP contribution in [0.3, 0.4) is 0 Å². The number of aromatic nitrogens is 2. The molecule has 5 heteroatoms. The monoisotopic (exact) mass is 223 g/mol. The molecule has 0 amide bonds. The maximum absolute atomic E-state index is 5.76. The van der Waals surface area contributed by atoms with Crippen LogP contribution >= 0.6 is 0 Å². The second kappa shape index (κ2) is 6.27. The van der Waals surface area contributed by atoms with Crippen LogP contribution < -0.4 is 11.5 Å². The van der Waals surface area contributed by atoms with Gasteiger partial charge in [0.2, 0.25) is 5.95 Å². The molecule has 1 aromatic heterocycles. The predicted octanol–water partition coefficient (Wildman–Crippen LogP) is 0.915. The lowest BCUT2D eigenvalue weighted by Crippen LogP contribution is -2.24. The third kappa shape index (κ3) is 3.66. The van der Waals surface area contributed by atoms with E-state index in [-0.39, 0.29) is 5.95 Å². The quantitative estimate of drug-likeness (QED) is 0.749. The van der Waals surface area contributed by atoms with E-state index in [4.69, 9.17) is 11.5 Å². The molecule has 0 fully saturated rings. The number of hydrogen-bond donors (Lipinski definition) is 2. The van der Waals surface area contributed by atoms with E-state index in [0.29, 0.717) is 5.82 Å². The third-order valence-electron chi connectivity index (χ3n) is 2.73. The van der Waals surface area contributed by atoms with Crippen LogP contribution in [-0.4, -0.2) is 34.5 Å². The summed E-state index contributed by atoms with van der Waals surface area (Å²) in [5, 5.41) is 0. The van der Waals surface area contributed by atoms with E-state index in [2.05, 4.69) is 28.7 Å². The molecular weight excluding hydrogens is 202 g/mol. The number of aryl methyl sites for hydroxylation is 1. The van der Waals surface area contributed by atoms with E-state index >= 15 is 0 Å². The molecule has 0 bridgehead atoms. The Labute approximate surface area is 96.9 Å². The molecule has 0 radical (unpaired) electrons. The SMILES string of the molecule is CCN(CC)CCCc1cnc(N)nc1N. The zero-order valence-electron chi connectivity index (χ0n) is 10.1. The van der Waals surface area contributed by atoms with E-state index in [1.165, 1.54) is 0 Å². The fourth-order valence-electron chi connectivity index (χ4n) is 1.66. The predicted molar refractivity (Wildman–Crippen MR) is 67.0 cm³/mol. The molecule has 1 aromatic rings. The molecule has 0 aliphatic rings. The van der Waals surface area contributed by atoms with Gasteiger partial charge in [0.05, 0.1) is 0 Å². The highest BCUT2D eigenvalue weighted by molar-refractivity contribution is 5.41. The van der Waals surface area contributed by atoms with Crippen molar-refractivity contribution >= 4 is 11.8 Å². The minimum Gasteiger partial charge on any atom is -0.383 e. The molecule has 1 heterocycles. The Morgan fingerprint density at radius 2 is 1.94 bits per heavy atom. The van der Waals surface area contributed by atoms with Crippen molar-refractivity contribution in [2.45, 2.75) is 26.7 Å². The van der Waals surface area contributed by atoms with E-state index < -0.39 is 0 Å². The first-order chi connectivity index (χ1) is 7.67. The summed E-state index contributed by atoms with van der Waals surface area (Å²) in [4.78, 5) is 10.3. The van der Waals surface area contributed by atoms with Gasteiger partial charge in [-0.3, -0.25) is 0 Å². The van der Waals surface area contributed by atoms with Gasteiger partial charge in [-0.1, -0.05) is 13.8 Å². The number of nitrogens with zero attached hydrogens (tertiary/aromatic N) is 3. The minimum atomic E-state index is 0.241. The molecule has 90 valence electrons. The number of nitrogen functional groups attached to an aromatic ring is 2. The molecule has 5 nitrogen and oxygen atoms in total. The summed E-state index contributed by atoms with van der Waals surface area (Å²) in [6, 6.07) is 0. The molecule has 0 aromatic carbocycles. The van der Waals surface area contributed by atoms with Crippen molar-refractivity contribution in [2.75, 3.05) is 31.1 Å². The molecular formula is C11H21N5. The van der Waals surface area contributed by atoms with Crippen LogP contribution in [-0.2, 0) is 6.42 Å². The highest BCUT2D eigenvalue weighted by Crippen LogP contribution is 2.10. The molecule has 0 unspecified atom stereocenters. The van der Waals surface area contributed by atoms with Gasteiger partial charge in [-0.2, -0.15) is 4.98 Å². The lowest BCUT2D eigenvalue weighted by atomic mass is 10.1. The Kier molecular flexibility index (Phi) is 4.98. The van der Waals surface area contributed by atoms with E-state index in [0.717, 1.165) is 38.0 Å². The van der Waals surface area contributed by atoms with Gasteiger partial charge < -0.3 is 16.4 Å². The lowest BCUT2D eigenvalue weighted by molar-refractivity contribution is 0.300. The van der Waals surface area contributed by atoms with Gasteiger partial charge >= 0.3 is 0 Å². The van der Waals surface area contributed by atoms with Crippen molar-refractivity contribution in [3.63, 3.8) is 0 Å². The summed E-state index contributed by atoms with van der Waals surface area (Å²) >= 11 is 0. The van der Waals surface area contributed by atoms with Crippen LogP contribution in [0.5, 0.6) is 0 Å². The largest absolute Gasteiger partial charge is 0.383 e. The van der Waals surface area contributed by atoms with E-state index in [1.807, 2.05) is 0 Å². The third-order valence-corrected chi connectivity index (χ3v) is 2.73. The summed E-state index contributed by atoms with van der Waals surface area (Å²) in [6.45, 7) is 7.60. The Balaban J connectivity index is 2.42. The Hall–Kier alpha value is -1.36. The molecule has 0 aliphatic carbocycles. The molecule has 4 N–H and O–H groups in total. The molecule has 0 atom stereocenters. The average Bonchev–Trinajstić information content (AvgIpc) is 2.27. The summed E-state index contributed by atoms with van der Waals surface area (Å²) in [7, 11) is 0. The van der Waals surface area contributed by atoms with Gasteiger partial charge in [0.1, 0.15) is 5.82 Å². The van der Waals surface area contributed by atoms with Gasteiger partial charge in [0.15, 0.2) is 0 Å². The molecule has 16 heavy (non-hydrogen) atoms. The molecule has 0 saturated heterocycles. The fourth-order valence-corrected chi connectivity index (χ4v) is 1.66. The zero-order valence-corrected chi connectivity index (χ0v) is 10.1. The molecule has 1 rings (SSSR count). The summed E-state index contributed by atoms with van der Waals surface area (Å²) < 4.78 is 0. The number of anilines is 2. The van der Waals surface area contributed by atoms with Crippen LogP contribution in [0.25, 0.3) is 0 Å². The van der Waals surface area contributed by atoms with Gasteiger partial charge in [-0.05, 0) is 32.5 Å². The first-order valence-electron chi connectivity index (χ1n) is 5.76. The van der Waals surface area contributed by atoms with Gasteiger partial charge in [0.25, 0.3) is 0 Å². The van der Waals surface area contributed by atoms with Crippen molar-refractivity contribution < 1.29 is 0 Å². The van der Waals surface area contributed by atoms with Crippen molar-refractivity contribution in [3.05, 3.63) is 11.8 Å². The van der Waals surface area contributed by atoms with E-state index in [9.17, 15) is 0 Å². The van der Waals surface area contributed by atoms with Crippen molar-refractivity contribution in [1.29, 1.82) is 0 Å². The number of hydrogen-bond acceptors (Lipinski definition) is 5. The Morgan fingerprint density at radius 3 is 2.50 bits per heavy atom.